The molecule has 0 spiro atoms. The van der Waals surface area contributed by atoms with Crippen LogP contribution in [0.1, 0.15) is 5.69 Å². The summed E-state index contributed by atoms with van der Waals surface area (Å²) in [5.74, 6) is -1.48. The molecule has 0 aliphatic heterocycles. The lowest BCUT2D eigenvalue weighted by Crippen LogP contribution is -2.01. The van der Waals surface area contributed by atoms with Crippen LogP contribution in [0.5, 0.6) is 0 Å². The Morgan fingerprint density at radius 2 is 1.86 bits per heavy atom. The zero-order valence-electron chi connectivity index (χ0n) is 11.3. The zero-order chi connectivity index (χ0) is 15.0. The molecule has 0 bridgehead atoms. The molecule has 0 amide bonds. The fourth-order valence-corrected chi connectivity index (χ4v) is 2.18. The maximum absolute atomic E-state index is 13.5. The van der Waals surface area contributed by atoms with E-state index in [4.69, 9.17) is 5.73 Å². The number of fused-ring (bicyclic) bond motifs is 1. The van der Waals surface area contributed by atoms with Gasteiger partial charge >= 0.3 is 0 Å². The molecular weight excluding hydrogens is 272 g/mol. The van der Waals surface area contributed by atoms with Crippen molar-refractivity contribution in [1.29, 1.82) is 0 Å². The number of halogens is 2. The van der Waals surface area contributed by atoms with Crippen LogP contribution in [0, 0.1) is 18.6 Å². The van der Waals surface area contributed by atoms with Gasteiger partial charge in [-0.1, -0.05) is 18.2 Å². The first-order valence-electron chi connectivity index (χ1n) is 6.42. The Morgan fingerprint density at radius 3 is 2.67 bits per heavy atom. The first-order chi connectivity index (χ1) is 10.0. The summed E-state index contributed by atoms with van der Waals surface area (Å²) in [5.41, 5.74) is 7.93. The van der Waals surface area contributed by atoms with Crippen molar-refractivity contribution in [1.82, 2.24) is 4.98 Å². The Morgan fingerprint density at radius 1 is 1.05 bits per heavy atom. The molecule has 0 atom stereocenters. The van der Waals surface area contributed by atoms with Crippen molar-refractivity contribution in [3.05, 3.63) is 59.8 Å². The number of nitrogens with zero attached hydrogens (tertiary/aromatic N) is 1. The van der Waals surface area contributed by atoms with Crippen LogP contribution < -0.4 is 11.1 Å². The summed E-state index contributed by atoms with van der Waals surface area (Å²) < 4.78 is 26.8. The van der Waals surface area contributed by atoms with Gasteiger partial charge in [-0.15, -0.1) is 0 Å². The number of nitrogens with one attached hydrogen (secondary N) is 1. The van der Waals surface area contributed by atoms with Crippen molar-refractivity contribution in [3.8, 4) is 0 Å². The standard InChI is InChI=1S/C16H13F2N3/c1-9-5-6-10-3-2-4-13(16(10)20-9)21-14-8-11(17)7-12(18)15(14)19/h2-8,21H,19H2,1H3. The number of aryl methyl sites for hydroxylation is 1. The van der Waals surface area contributed by atoms with E-state index >= 15 is 0 Å². The minimum absolute atomic E-state index is 0.124. The number of rotatable bonds is 2. The van der Waals surface area contributed by atoms with Gasteiger partial charge in [0, 0.05) is 17.1 Å². The van der Waals surface area contributed by atoms with E-state index in [9.17, 15) is 8.78 Å². The number of benzene rings is 2. The van der Waals surface area contributed by atoms with Crippen LogP contribution in [0.2, 0.25) is 0 Å². The average Bonchev–Trinajstić information content (AvgIpc) is 2.45. The van der Waals surface area contributed by atoms with Gasteiger partial charge in [-0.3, -0.25) is 4.98 Å². The summed E-state index contributed by atoms with van der Waals surface area (Å²) in [7, 11) is 0. The number of aromatic nitrogens is 1. The molecule has 3 nitrogen and oxygen atoms in total. The van der Waals surface area contributed by atoms with Gasteiger partial charge in [-0.2, -0.15) is 0 Å². The van der Waals surface area contributed by atoms with E-state index in [0.717, 1.165) is 28.7 Å². The van der Waals surface area contributed by atoms with Crippen molar-refractivity contribution < 1.29 is 8.78 Å². The molecule has 0 saturated heterocycles. The fraction of sp³-hybridized carbons (Fsp3) is 0.0625. The Hall–Kier alpha value is -2.69. The first-order valence-corrected chi connectivity index (χ1v) is 6.42. The Labute approximate surface area is 120 Å². The highest BCUT2D eigenvalue weighted by Gasteiger charge is 2.10. The van der Waals surface area contributed by atoms with Gasteiger partial charge in [-0.25, -0.2) is 8.78 Å². The summed E-state index contributed by atoms with van der Waals surface area (Å²) in [6, 6.07) is 11.3. The molecule has 0 aliphatic rings. The summed E-state index contributed by atoms with van der Waals surface area (Å²) in [6.07, 6.45) is 0. The molecule has 0 unspecified atom stereocenters. The SMILES string of the molecule is Cc1ccc2cccc(Nc3cc(F)cc(F)c3N)c2n1. The average molecular weight is 285 g/mol. The smallest absolute Gasteiger partial charge is 0.151 e. The van der Waals surface area contributed by atoms with Gasteiger partial charge in [0.25, 0.3) is 0 Å². The normalized spacial score (nSPS) is 10.8. The minimum Gasteiger partial charge on any atom is -0.395 e. The number of nitrogen functional groups attached to an aromatic ring is 1. The zero-order valence-corrected chi connectivity index (χ0v) is 11.3. The highest BCUT2D eigenvalue weighted by Crippen LogP contribution is 2.30. The molecule has 1 aromatic heterocycles. The van der Waals surface area contributed by atoms with E-state index in [1.54, 1.807) is 6.07 Å². The van der Waals surface area contributed by atoms with E-state index in [0.29, 0.717) is 5.69 Å². The van der Waals surface area contributed by atoms with Crippen LogP contribution >= 0.6 is 0 Å². The van der Waals surface area contributed by atoms with Crippen LogP contribution in [0.4, 0.5) is 25.8 Å². The van der Waals surface area contributed by atoms with Crippen LogP contribution in [-0.2, 0) is 0 Å². The highest BCUT2D eigenvalue weighted by atomic mass is 19.1. The van der Waals surface area contributed by atoms with Crippen LogP contribution in [0.3, 0.4) is 0 Å². The lowest BCUT2D eigenvalue weighted by Gasteiger charge is -2.12. The fourth-order valence-electron chi connectivity index (χ4n) is 2.18. The lowest BCUT2D eigenvalue weighted by atomic mass is 10.1. The number of hydrogen-bond donors (Lipinski definition) is 2. The van der Waals surface area contributed by atoms with E-state index in [-0.39, 0.29) is 11.4 Å². The van der Waals surface area contributed by atoms with Crippen LogP contribution in [0.25, 0.3) is 10.9 Å². The topological polar surface area (TPSA) is 50.9 Å². The van der Waals surface area contributed by atoms with Gasteiger partial charge in [0.1, 0.15) is 5.82 Å². The third-order valence-corrected chi connectivity index (χ3v) is 3.22. The third-order valence-electron chi connectivity index (χ3n) is 3.22. The summed E-state index contributed by atoms with van der Waals surface area (Å²) in [5, 5.41) is 3.89. The van der Waals surface area contributed by atoms with Gasteiger partial charge in [-0.05, 0) is 25.1 Å². The van der Waals surface area contributed by atoms with E-state index in [2.05, 4.69) is 10.3 Å². The number of hydrogen-bond acceptors (Lipinski definition) is 3. The molecule has 0 fully saturated rings. The molecule has 1 heterocycles. The maximum atomic E-state index is 13.5. The van der Waals surface area contributed by atoms with Crippen molar-refractivity contribution in [2.24, 2.45) is 0 Å². The van der Waals surface area contributed by atoms with E-state index < -0.39 is 11.6 Å². The predicted molar refractivity (Wildman–Crippen MR) is 80.5 cm³/mol. The molecule has 3 N–H and O–H groups in total. The number of para-hydroxylation sites is 1. The predicted octanol–water partition coefficient (Wildman–Crippen LogP) is 4.15. The van der Waals surface area contributed by atoms with Gasteiger partial charge in [0.15, 0.2) is 5.82 Å². The second-order valence-corrected chi connectivity index (χ2v) is 4.80. The molecule has 0 aliphatic carbocycles. The second-order valence-electron chi connectivity index (χ2n) is 4.80. The summed E-state index contributed by atoms with van der Waals surface area (Å²) in [6.45, 7) is 1.88. The molecule has 106 valence electrons. The number of anilines is 3. The van der Waals surface area contributed by atoms with Crippen molar-refractivity contribution >= 4 is 28.0 Å². The molecule has 2 aromatic carbocycles. The quantitative estimate of drug-likeness (QED) is 0.695. The molecule has 0 radical (unpaired) electrons. The summed E-state index contributed by atoms with van der Waals surface area (Å²) in [4.78, 5) is 4.46. The Bertz CT molecular complexity index is 831. The lowest BCUT2D eigenvalue weighted by molar-refractivity contribution is 0.587. The first kappa shape index (κ1) is 13.3. The number of nitrogens with two attached hydrogens (primary N) is 1. The second kappa shape index (κ2) is 5.01. The van der Waals surface area contributed by atoms with Crippen molar-refractivity contribution in [2.45, 2.75) is 6.92 Å². The third kappa shape index (κ3) is 2.50. The molecule has 21 heavy (non-hydrogen) atoms. The Balaban J connectivity index is 2.12. The van der Waals surface area contributed by atoms with Crippen molar-refractivity contribution in [3.63, 3.8) is 0 Å². The molecular formula is C16H13F2N3. The molecule has 3 rings (SSSR count). The summed E-state index contributed by atoms with van der Waals surface area (Å²) >= 11 is 0. The largest absolute Gasteiger partial charge is 0.395 e. The van der Waals surface area contributed by atoms with Crippen LogP contribution in [-0.4, -0.2) is 4.98 Å². The Kier molecular flexibility index (Phi) is 3.17. The van der Waals surface area contributed by atoms with Gasteiger partial charge in [0.05, 0.1) is 22.6 Å². The maximum Gasteiger partial charge on any atom is 0.151 e. The van der Waals surface area contributed by atoms with E-state index in [1.165, 1.54) is 0 Å². The minimum atomic E-state index is -0.790. The van der Waals surface area contributed by atoms with Gasteiger partial charge < -0.3 is 11.1 Å². The molecule has 3 aromatic rings. The van der Waals surface area contributed by atoms with Crippen LogP contribution in [0.15, 0.2) is 42.5 Å². The van der Waals surface area contributed by atoms with Gasteiger partial charge in [0.2, 0.25) is 0 Å². The molecule has 5 heteroatoms. The number of pyridine rings is 1. The van der Waals surface area contributed by atoms with E-state index in [1.807, 2.05) is 31.2 Å². The highest BCUT2D eigenvalue weighted by molar-refractivity contribution is 5.93. The molecule has 0 saturated carbocycles. The van der Waals surface area contributed by atoms with Crippen molar-refractivity contribution in [2.75, 3.05) is 11.1 Å². The monoisotopic (exact) mass is 285 g/mol.